The second-order valence-corrected chi connectivity index (χ2v) is 5.06. The van der Waals surface area contributed by atoms with Crippen LogP contribution in [0.25, 0.3) is 0 Å². The Morgan fingerprint density at radius 3 is 2.92 bits per heavy atom. The molecule has 3 saturated carbocycles. The van der Waals surface area contributed by atoms with Crippen LogP contribution in [0.5, 0.6) is 0 Å². The van der Waals surface area contributed by atoms with Crippen LogP contribution in [0.2, 0.25) is 0 Å². The van der Waals surface area contributed by atoms with Gasteiger partial charge in [-0.1, -0.05) is 6.42 Å². The van der Waals surface area contributed by atoms with Crippen molar-refractivity contribution < 1.29 is 0 Å². The first kappa shape index (κ1) is 7.37. The zero-order valence-corrected chi connectivity index (χ0v) is 7.97. The van der Waals surface area contributed by atoms with Crippen molar-refractivity contribution in [3.05, 3.63) is 0 Å². The van der Waals surface area contributed by atoms with Gasteiger partial charge in [0.1, 0.15) is 0 Å². The van der Waals surface area contributed by atoms with E-state index in [0.717, 1.165) is 17.8 Å². The molecule has 0 aromatic carbocycles. The van der Waals surface area contributed by atoms with Crippen molar-refractivity contribution in [3.63, 3.8) is 0 Å². The third kappa shape index (κ3) is 0.654. The molecule has 3 aliphatic rings. The molecule has 0 aromatic rings. The van der Waals surface area contributed by atoms with Crippen molar-refractivity contribution in [1.29, 1.82) is 0 Å². The van der Waals surface area contributed by atoms with Crippen LogP contribution in [-0.4, -0.2) is 12.6 Å². The second-order valence-electron chi connectivity index (χ2n) is 5.06. The molecule has 0 heterocycles. The molecule has 12 heavy (non-hydrogen) atoms. The van der Waals surface area contributed by atoms with Crippen LogP contribution in [0.15, 0.2) is 0 Å². The summed E-state index contributed by atoms with van der Waals surface area (Å²) in [5.74, 6) is 3.20. The molecule has 3 aliphatic carbocycles. The van der Waals surface area contributed by atoms with Crippen molar-refractivity contribution in [1.82, 2.24) is 5.32 Å². The fourth-order valence-corrected chi connectivity index (χ4v) is 4.58. The Balaban J connectivity index is 1.98. The van der Waals surface area contributed by atoms with Gasteiger partial charge in [0.2, 0.25) is 0 Å². The predicted octanol–water partition coefficient (Wildman–Crippen LogP) is 2.17. The van der Waals surface area contributed by atoms with E-state index < -0.39 is 0 Å². The Hall–Kier alpha value is -0.0400. The van der Waals surface area contributed by atoms with Crippen LogP contribution < -0.4 is 5.32 Å². The van der Waals surface area contributed by atoms with Crippen LogP contribution in [0.4, 0.5) is 0 Å². The van der Waals surface area contributed by atoms with E-state index in [1.807, 2.05) is 0 Å². The number of nitrogens with one attached hydrogen (secondary N) is 1. The summed E-state index contributed by atoms with van der Waals surface area (Å²) in [4.78, 5) is 0. The quantitative estimate of drug-likeness (QED) is 0.628. The van der Waals surface area contributed by atoms with Gasteiger partial charge in [0.15, 0.2) is 0 Å². The van der Waals surface area contributed by atoms with E-state index in [0.29, 0.717) is 5.54 Å². The largest absolute Gasteiger partial charge is 0.314 e. The van der Waals surface area contributed by atoms with Gasteiger partial charge in [0.25, 0.3) is 0 Å². The molecule has 4 atom stereocenters. The van der Waals surface area contributed by atoms with Gasteiger partial charge < -0.3 is 5.32 Å². The van der Waals surface area contributed by atoms with Gasteiger partial charge >= 0.3 is 0 Å². The van der Waals surface area contributed by atoms with Crippen LogP contribution in [0, 0.1) is 17.8 Å². The fraction of sp³-hybridized carbons (Fsp3) is 1.00. The molecule has 3 fully saturated rings. The lowest BCUT2D eigenvalue weighted by Gasteiger charge is -2.39. The summed E-state index contributed by atoms with van der Waals surface area (Å²) in [5.41, 5.74) is 0.614. The smallest absolute Gasteiger partial charge is 0.0237 e. The maximum atomic E-state index is 3.67. The lowest BCUT2D eigenvalue weighted by molar-refractivity contribution is 0.170. The molecule has 0 aromatic heterocycles. The van der Waals surface area contributed by atoms with E-state index in [1.54, 1.807) is 12.8 Å². The third-order valence-corrected chi connectivity index (χ3v) is 5.00. The maximum absolute atomic E-state index is 3.67. The summed E-state index contributed by atoms with van der Waals surface area (Å²) in [7, 11) is 2.19. The van der Waals surface area contributed by atoms with Gasteiger partial charge in [-0.2, -0.15) is 0 Å². The monoisotopic (exact) mass is 165 g/mol. The minimum Gasteiger partial charge on any atom is -0.314 e. The minimum atomic E-state index is 0.614. The van der Waals surface area contributed by atoms with Gasteiger partial charge in [-0.15, -0.1) is 0 Å². The van der Waals surface area contributed by atoms with E-state index in [2.05, 4.69) is 12.4 Å². The summed E-state index contributed by atoms with van der Waals surface area (Å²) >= 11 is 0. The average Bonchev–Trinajstić information content (AvgIpc) is 2.76. The first-order valence-corrected chi connectivity index (χ1v) is 5.56. The number of hydrogen-bond donors (Lipinski definition) is 1. The molecular formula is C11H19N. The van der Waals surface area contributed by atoms with Crippen LogP contribution in [0.1, 0.15) is 38.5 Å². The van der Waals surface area contributed by atoms with E-state index in [1.165, 1.54) is 25.7 Å². The lowest BCUT2D eigenvalue weighted by atomic mass is 9.75. The average molecular weight is 165 g/mol. The van der Waals surface area contributed by atoms with E-state index in [4.69, 9.17) is 0 Å². The second kappa shape index (κ2) is 2.25. The zero-order valence-electron chi connectivity index (χ0n) is 7.97. The van der Waals surface area contributed by atoms with Gasteiger partial charge in [-0.3, -0.25) is 0 Å². The zero-order chi connectivity index (χ0) is 8.18. The standard InChI is InChI=1S/C11H19N/c1-12-11-6-2-3-10(11)8-4-5-9(11)7-8/h8-10,12H,2-7H2,1H3/t8-,9+,10+,11+/m0/s1. The van der Waals surface area contributed by atoms with Crippen LogP contribution in [-0.2, 0) is 0 Å². The minimum absolute atomic E-state index is 0.614. The SMILES string of the molecule is CN[C@@]12CCC[C@@H]1[C@H]1CC[C@@H]2C1. The highest BCUT2D eigenvalue weighted by atomic mass is 15.0. The van der Waals surface area contributed by atoms with E-state index >= 15 is 0 Å². The molecule has 3 rings (SSSR count). The summed E-state index contributed by atoms with van der Waals surface area (Å²) in [5, 5.41) is 3.67. The molecule has 1 heteroatoms. The van der Waals surface area contributed by atoms with Gasteiger partial charge in [0.05, 0.1) is 0 Å². The fourth-order valence-electron chi connectivity index (χ4n) is 4.58. The van der Waals surface area contributed by atoms with E-state index in [9.17, 15) is 0 Å². The highest BCUT2D eigenvalue weighted by Gasteiger charge is 2.58. The highest BCUT2D eigenvalue weighted by molar-refractivity contribution is 5.13. The van der Waals surface area contributed by atoms with Crippen molar-refractivity contribution in [2.24, 2.45) is 17.8 Å². The van der Waals surface area contributed by atoms with Crippen molar-refractivity contribution in [2.75, 3.05) is 7.05 Å². The molecular weight excluding hydrogens is 146 g/mol. The summed E-state index contributed by atoms with van der Waals surface area (Å²) < 4.78 is 0. The predicted molar refractivity (Wildman–Crippen MR) is 50.0 cm³/mol. The van der Waals surface area contributed by atoms with Crippen LogP contribution >= 0.6 is 0 Å². The molecule has 1 nitrogen and oxygen atoms in total. The first-order chi connectivity index (χ1) is 5.87. The summed E-state index contributed by atoms with van der Waals surface area (Å²) in [6.45, 7) is 0. The molecule has 0 aliphatic heterocycles. The molecule has 2 bridgehead atoms. The molecule has 68 valence electrons. The van der Waals surface area contributed by atoms with Crippen molar-refractivity contribution in [2.45, 2.75) is 44.1 Å². The van der Waals surface area contributed by atoms with E-state index in [-0.39, 0.29) is 0 Å². The molecule has 0 amide bonds. The summed E-state index contributed by atoms with van der Waals surface area (Å²) in [6, 6.07) is 0. The molecule has 0 radical (unpaired) electrons. The van der Waals surface area contributed by atoms with Gasteiger partial charge in [-0.25, -0.2) is 0 Å². The van der Waals surface area contributed by atoms with Crippen LogP contribution in [0.3, 0.4) is 0 Å². The Bertz CT molecular complexity index is 201. The Morgan fingerprint density at radius 1 is 1.25 bits per heavy atom. The van der Waals surface area contributed by atoms with Gasteiger partial charge in [0, 0.05) is 5.54 Å². The van der Waals surface area contributed by atoms with Crippen molar-refractivity contribution >= 4 is 0 Å². The normalized spacial score (nSPS) is 56.2. The summed E-state index contributed by atoms with van der Waals surface area (Å²) in [6.07, 6.45) is 9.07. The highest BCUT2D eigenvalue weighted by Crippen LogP contribution is 2.60. The number of fused-ring (bicyclic) bond motifs is 5. The number of hydrogen-bond acceptors (Lipinski definition) is 1. The Morgan fingerprint density at radius 2 is 2.17 bits per heavy atom. The maximum Gasteiger partial charge on any atom is 0.0237 e. The lowest BCUT2D eigenvalue weighted by Crippen LogP contribution is -2.50. The Labute approximate surface area is 74.9 Å². The molecule has 0 unspecified atom stereocenters. The number of rotatable bonds is 1. The molecule has 1 N–H and O–H groups in total. The first-order valence-electron chi connectivity index (χ1n) is 5.56. The topological polar surface area (TPSA) is 12.0 Å². The molecule has 0 saturated heterocycles. The molecule has 0 spiro atoms. The Kier molecular flexibility index (Phi) is 1.39. The van der Waals surface area contributed by atoms with Crippen molar-refractivity contribution in [3.8, 4) is 0 Å². The van der Waals surface area contributed by atoms with Gasteiger partial charge in [-0.05, 0) is 56.9 Å². The third-order valence-electron chi connectivity index (χ3n) is 5.00.